The molecule has 0 unspecified atom stereocenters. The first kappa shape index (κ1) is 20.9. The molecule has 1 aliphatic heterocycles. The summed E-state index contributed by atoms with van der Waals surface area (Å²) in [6.07, 6.45) is 6.43. The summed E-state index contributed by atoms with van der Waals surface area (Å²) in [6, 6.07) is 14.4. The molecule has 0 saturated carbocycles. The van der Waals surface area contributed by atoms with Gasteiger partial charge in [0.05, 0.1) is 17.9 Å². The summed E-state index contributed by atoms with van der Waals surface area (Å²) in [4.78, 5) is 27.8. The summed E-state index contributed by atoms with van der Waals surface area (Å²) in [7, 11) is 0. The van der Waals surface area contributed by atoms with Gasteiger partial charge in [-0.25, -0.2) is 0 Å². The molecular weight excluding hydrogens is 364 g/mol. The van der Waals surface area contributed by atoms with Crippen molar-refractivity contribution < 1.29 is 14.3 Å². The first-order valence-corrected chi connectivity index (χ1v) is 10.6. The van der Waals surface area contributed by atoms with E-state index in [0.29, 0.717) is 29.2 Å². The van der Waals surface area contributed by atoms with Gasteiger partial charge in [0.15, 0.2) is 0 Å². The van der Waals surface area contributed by atoms with E-state index in [0.717, 1.165) is 38.8 Å². The summed E-state index contributed by atoms with van der Waals surface area (Å²) in [5, 5.41) is 2.91. The van der Waals surface area contributed by atoms with Crippen molar-refractivity contribution >= 4 is 17.5 Å². The number of para-hydroxylation sites is 1. The normalized spacial score (nSPS) is 14.2. The second-order valence-corrected chi connectivity index (χ2v) is 7.44. The first-order chi connectivity index (χ1) is 14.2. The van der Waals surface area contributed by atoms with Crippen molar-refractivity contribution in [1.82, 2.24) is 4.90 Å². The monoisotopic (exact) mass is 394 g/mol. The second kappa shape index (κ2) is 10.6. The van der Waals surface area contributed by atoms with Gasteiger partial charge in [0.2, 0.25) is 0 Å². The molecule has 2 amide bonds. The van der Waals surface area contributed by atoms with Crippen LogP contribution in [0.4, 0.5) is 5.69 Å². The number of nitrogens with one attached hydrogen (secondary N) is 1. The molecule has 0 bridgehead atoms. The lowest BCUT2D eigenvalue weighted by Gasteiger charge is -2.22. The Balaban J connectivity index is 1.72. The number of hydrogen-bond acceptors (Lipinski definition) is 3. The number of benzene rings is 2. The Morgan fingerprint density at radius 1 is 1.00 bits per heavy atom. The van der Waals surface area contributed by atoms with Crippen LogP contribution in [0.25, 0.3) is 0 Å². The Bertz CT molecular complexity index is 826. The molecule has 5 nitrogen and oxygen atoms in total. The van der Waals surface area contributed by atoms with Gasteiger partial charge in [0.1, 0.15) is 5.75 Å². The van der Waals surface area contributed by atoms with E-state index in [-0.39, 0.29) is 11.8 Å². The molecule has 0 radical (unpaired) electrons. The molecule has 1 saturated heterocycles. The average Bonchev–Trinajstić information content (AvgIpc) is 3.04. The molecule has 5 heteroatoms. The largest absolute Gasteiger partial charge is 0.494 e. The Morgan fingerprint density at radius 3 is 2.52 bits per heavy atom. The van der Waals surface area contributed by atoms with Crippen molar-refractivity contribution in [3.63, 3.8) is 0 Å². The van der Waals surface area contributed by atoms with E-state index in [1.807, 2.05) is 29.2 Å². The van der Waals surface area contributed by atoms with Crippen LogP contribution in [0.1, 0.15) is 66.2 Å². The quantitative estimate of drug-likeness (QED) is 0.662. The van der Waals surface area contributed by atoms with E-state index in [4.69, 9.17) is 4.74 Å². The molecule has 1 aliphatic rings. The fraction of sp³-hybridized carbons (Fsp3) is 0.417. The zero-order valence-electron chi connectivity index (χ0n) is 17.2. The molecule has 3 rings (SSSR count). The van der Waals surface area contributed by atoms with Gasteiger partial charge < -0.3 is 15.0 Å². The van der Waals surface area contributed by atoms with Crippen molar-refractivity contribution in [1.29, 1.82) is 0 Å². The third-order valence-electron chi connectivity index (χ3n) is 5.16. The molecule has 0 aliphatic carbocycles. The van der Waals surface area contributed by atoms with Gasteiger partial charge in [-0.3, -0.25) is 9.59 Å². The zero-order chi connectivity index (χ0) is 20.5. The van der Waals surface area contributed by atoms with Crippen LogP contribution in [0.2, 0.25) is 0 Å². The predicted molar refractivity (Wildman–Crippen MR) is 116 cm³/mol. The first-order valence-electron chi connectivity index (χ1n) is 10.6. The highest BCUT2D eigenvalue weighted by Gasteiger charge is 2.21. The van der Waals surface area contributed by atoms with Crippen LogP contribution in [0.3, 0.4) is 0 Å². The van der Waals surface area contributed by atoms with Crippen LogP contribution in [0.5, 0.6) is 5.75 Å². The number of carbonyl (C=O) groups is 2. The Morgan fingerprint density at radius 2 is 1.76 bits per heavy atom. The predicted octanol–water partition coefficient (Wildman–Crippen LogP) is 5.13. The molecule has 2 aromatic carbocycles. The molecule has 154 valence electrons. The van der Waals surface area contributed by atoms with E-state index < -0.39 is 0 Å². The highest BCUT2D eigenvalue weighted by molar-refractivity contribution is 6.09. The third kappa shape index (κ3) is 5.83. The van der Waals surface area contributed by atoms with Gasteiger partial charge in [-0.2, -0.15) is 0 Å². The fourth-order valence-corrected chi connectivity index (χ4v) is 3.48. The third-order valence-corrected chi connectivity index (χ3v) is 5.16. The van der Waals surface area contributed by atoms with Crippen molar-refractivity contribution in [3.05, 3.63) is 59.7 Å². The second-order valence-electron chi connectivity index (χ2n) is 7.44. The highest BCUT2D eigenvalue weighted by Crippen LogP contribution is 2.21. The zero-order valence-corrected chi connectivity index (χ0v) is 17.2. The maximum Gasteiger partial charge on any atom is 0.255 e. The minimum absolute atomic E-state index is 0.0144. The molecule has 29 heavy (non-hydrogen) atoms. The van der Waals surface area contributed by atoms with Crippen LogP contribution in [-0.4, -0.2) is 36.4 Å². The molecule has 0 aromatic heterocycles. The maximum atomic E-state index is 13.0. The SMILES string of the molecule is CCCCOc1cccc(C(=O)Nc2ccccc2C(=O)N2CCCCCC2)c1. The molecule has 1 N–H and O–H groups in total. The molecule has 1 heterocycles. The lowest BCUT2D eigenvalue weighted by atomic mass is 10.1. The minimum atomic E-state index is -0.248. The van der Waals surface area contributed by atoms with E-state index in [2.05, 4.69) is 12.2 Å². The van der Waals surface area contributed by atoms with E-state index in [1.165, 1.54) is 12.8 Å². The number of unbranched alkanes of at least 4 members (excludes halogenated alkanes) is 1. The van der Waals surface area contributed by atoms with Crippen LogP contribution < -0.4 is 10.1 Å². The number of carbonyl (C=O) groups excluding carboxylic acids is 2. The van der Waals surface area contributed by atoms with E-state index in [9.17, 15) is 9.59 Å². The Kier molecular flexibility index (Phi) is 7.68. The average molecular weight is 395 g/mol. The standard InChI is InChI=1S/C24H30N2O3/c1-2-3-17-29-20-12-10-11-19(18-20)23(27)25-22-14-7-6-13-21(22)24(28)26-15-8-4-5-9-16-26/h6-7,10-14,18H,2-5,8-9,15-17H2,1H3,(H,25,27). The summed E-state index contributed by atoms with van der Waals surface area (Å²) >= 11 is 0. The topological polar surface area (TPSA) is 58.6 Å². The number of nitrogens with zero attached hydrogens (tertiary/aromatic N) is 1. The molecular formula is C24H30N2O3. The summed E-state index contributed by atoms with van der Waals surface area (Å²) < 4.78 is 5.70. The maximum absolute atomic E-state index is 13.0. The summed E-state index contributed by atoms with van der Waals surface area (Å²) in [6.45, 7) is 4.29. The van der Waals surface area contributed by atoms with E-state index >= 15 is 0 Å². The number of amides is 2. The van der Waals surface area contributed by atoms with Gasteiger partial charge in [0, 0.05) is 18.7 Å². The van der Waals surface area contributed by atoms with Crippen LogP contribution in [-0.2, 0) is 0 Å². The molecule has 0 atom stereocenters. The van der Waals surface area contributed by atoms with Gasteiger partial charge in [-0.05, 0) is 49.6 Å². The highest BCUT2D eigenvalue weighted by atomic mass is 16.5. The molecule has 2 aromatic rings. The Labute approximate surface area is 173 Å². The van der Waals surface area contributed by atoms with E-state index in [1.54, 1.807) is 24.3 Å². The van der Waals surface area contributed by atoms with Crippen LogP contribution >= 0.6 is 0 Å². The van der Waals surface area contributed by atoms with Gasteiger partial charge in [-0.15, -0.1) is 0 Å². The Hall–Kier alpha value is -2.82. The van der Waals surface area contributed by atoms with Crippen molar-refractivity contribution in [3.8, 4) is 5.75 Å². The number of rotatable bonds is 7. The number of likely N-dealkylation sites (tertiary alicyclic amines) is 1. The minimum Gasteiger partial charge on any atom is -0.494 e. The van der Waals surface area contributed by atoms with Crippen LogP contribution in [0, 0.1) is 0 Å². The molecule has 0 spiro atoms. The summed E-state index contributed by atoms with van der Waals surface area (Å²) in [5.74, 6) is 0.418. The lowest BCUT2D eigenvalue weighted by Crippen LogP contribution is -2.32. The number of hydrogen-bond donors (Lipinski definition) is 1. The lowest BCUT2D eigenvalue weighted by molar-refractivity contribution is 0.0762. The van der Waals surface area contributed by atoms with Crippen molar-refractivity contribution in [2.24, 2.45) is 0 Å². The van der Waals surface area contributed by atoms with Gasteiger partial charge in [0.25, 0.3) is 11.8 Å². The fourth-order valence-electron chi connectivity index (χ4n) is 3.48. The van der Waals surface area contributed by atoms with Crippen LogP contribution in [0.15, 0.2) is 48.5 Å². The van der Waals surface area contributed by atoms with Crippen molar-refractivity contribution in [2.45, 2.75) is 45.4 Å². The number of ether oxygens (including phenoxy) is 1. The molecule has 1 fully saturated rings. The van der Waals surface area contributed by atoms with Crippen molar-refractivity contribution in [2.75, 3.05) is 25.0 Å². The van der Waals surface area contributed by atoms with Gasteiger partial charge in [-0.1, -0.05) is 44.4 Å². The van der Waals surface area contributed by atoms with Gasteiger partial charge >= 0.3 is 0 Å². The smallest absolute Gasteiger partial charge is 0.255 e. The number of anilines is 1. The summed E-state index contributed by atoms with van der Waals surface area (Å²) in [5.41, 5.74) is 1.60.